The van der Waals surface area contributed by atoms with Gasteiger partial charge in [0.2, 0.25) is 0 Å². The fourth-order valence-electron chi connectivity index (χ4n) is 5.25. The molecular formula is C31H28FN5O2. The topological polar surface area (TPSA) is 64.3 Å². The zero-order chi connectivity index (χ0) is 26.9. The first-order chi connectivity index (χ1) is 19.1. The van der Waals surface area contributed by atoms with Gasteiger partial charge < -0.3 is 19.5 Å². The predicted octanol–water partition coefficient (Wildman–Crippen LogP) is 6.51. The lowest BCUT2D eigenvalue weighted by Crippen LogP contribution is -2.38. The zero-order valence-electron chi connectivity index (χ0n) is 21.7. The summed E-state index contributed by atoms with van der Waals surface area (Å²) in [5, 5.41) is 8.01. The van der Waals surface area contributed by atoms with Gasteiger partial charge in [-0.15, -0.1) is 0 Å². The van der Waals surface area contributed by atoms with Crippen molar-refractivity contribution in [1.82, 2.24) is 19.2 Å². The number of benzene rings is 3. The van der Waals surface area contributed by atoms with Gasteiger partial charge in [0.05, 0.1) is 36.8 Å². The molecule has 6 rings (SSSR count). The lowest BCUT2D eigenvalue weighted by Gasteiger charge is -2.31. The van der Waals surface area contributed by atoms with Crippen molar-refractivity contribution in [2.24, 2.45) is 0 Å². The van der Waals surface area contributed by atoms with Gasteiger partial charge in [0.15, 0.2) is 0 Å². The van der Waals surface area contributed by atoms with Gasteiger partial charge in [-0.3, -0.25) is 0 Å². The molecule has 2 aromatic heterocycles. The number of anilines is 1. The van der Waals surface area contributed by atoms with Crippen molar-refractivity contribution < 1.29 is 13.9 Å². The Morgan fingerprint density at radius 1 is 1.03 bits per heavy atom. The first-order valence-corrected chi connectivity index (χ1v) is 12.9. The number of nitrogens with one attached hydrogen (secondary N) is 1. The number of rotatable bonds is 5. The average Bonchev–Trinajstić information content (AvgIpc) is 3.55. The fraction of sp³-hybridized carbons (Fsp3) is 0.161. The minimum atomic E-state index is -0.546. The summed E-state index contributed by atoms with van der Waals surface area (Å²) in [5.41, 5.74) is 4.92. The molecule has 1 aliphatic heterocycles. The molecule has 7 nitrogen and oxygen atoms in total. The first kappa shape index (κ1) is 24.5. The maximum atomic E-state index is 14.5. The Balaban J connectivity index is 1.53. The molecule has 196 valence electrons. The van der Waals surface area contributed by atoms with Crippen LogP contribution in [-0.4, -0.2) is 32.4 Å². The third kappa shape index (κ3) is 4.44. The number of hydrogen-bond acceptors (Lipinski definition) is 3. The lowest BCUT2D eigenvalue weighted by atomic mass is 10.0. The summed E-state index contributed by atoms with van der Waals surface area (Å²) in [7, 11) is 1.60. The number of para-hydroxylation sites is 1. The highest BCUT2D eigenvalue weighted by Crippen LogP contribution is 2.39. The van der Waals surface area contributed by atoms with Gasteiger partial charge in [0.1, 0.15) is 17.4 Å². The number of carbonyl (C=O) groups excluding carboxylic acids is 1. The van der Waals surface area contributed by atoms with Gasteiger partial charge in [0, 0.05) is 17.4 Å². The summed E-state index contributed by atoms with van der Waals surface area (Å²) in [6, 6.07) is 26.7. The second-order valence-corrected chi connectivity index (χ2v) is 9.40. The monoisotopic (exact) mass is 521 g/mol. The first-order valence-electron chi connectivity index (χ1n) is 12.9. The molecule has 0 fully saturated rings. The Labute approximate surface area is 226 Å². The molecule has 1 aliphatic rings. The van der Waals surface area contributed by atoms with E-state index in [1.807, 2.05) is 59.4 Å². The number of fused-ring (bicyclic) bond motifs is 3. The van der Waals surface area contributed by atoms with E-state index < -0.39 is 6.04 Å². The molecule has 1 atom stereocenters. The summed E-state index contributed by atoms with van der Waals surface area (Å²) in [6.07, 6.45) is 2.67. The van der Waals surface area contributed by atoms with Gasteiger partial charge in [0.25, 0.3) is 0 Å². The average molecular weight is 522 g/mol. The highest BCUT2D eigenvalue weighted by Gasteiger charge is 2.36. The third-order valence-electron chi connectivity index (χ3n) is 7.07. The summed E-state index contributed by atoms with van der Waals surface area (Å²) >= 11 is 0. The van der Waals surface area contributed by atoms with Crippen LogP contribution in [0.4, 0.5) is 14.9 Å². The van der Waals surface area contributed by atoms with E-state index in [0.717, 1.165) is 28.5 Å². The Morgan fingerprint density at radius 2 is 1.82 bits per heavy atom. The van der Waals surface area contributed by atoms with Crippen LogP contribution < -0.4 is 10.1 Å². The van der Waals surface area contributed by atoms with Crippen LogP contribution in [0.15, 0.2) is 97.2 Å². The van der Waals surface area contributed by atoms with E-state index >= 15 is 0 Å². The SMILES string of the molecule is CCc1nn(-c2ccccc2)c2c1CN(C(=O)Nc1ccc(OC)cc1)[C@H](c1cccc(F)c1)c1cccn1-2. The molecule has 0 saturated carbocycles. The molecule has 3 heterocycles. The van der Waals surface area contributed by atoms with Crippen molar-refractivity contribution in [3.05, 3.63) is 126 Å². The van der Waals surface area contributed by atoms with E-state index in [-0.39, 0.29) is 18.4 Å². The van der Waals surface area contributed by atoms with Crippen molar-refractivity contribution >= 4 is 11.7 Å². The molecule has 3 aromatic carbocycles. The van der Waals surface area contributed by atoms with Crippen LogP contribution >= 0.6 is 0 Å². The molecule has 5 aromatic rings. The normalized spacial score (nSPS) is 14.3. The second-order valence-electron chi connectivity index (χ2n) is 9.40. The molecule has 8 heteroatoms. The number of carbonyl (C=O) groups is 1. The molecule has 1 N–H and O–H groups in total. The van der Waals surface area contributed by atoms with E-state index in [1.54, 1.807) is 42.3 Å². The number of hydrogen-bond donors (Lipinski definition) is 1. The highest BCUT2D eigenvalue weighted by molar-refractivity contribution is 5.90. The number of halogens is 1. The molecule has 0 spiro atoms. The second kappa shape index (κ2) is 10.1. The molecule has 0 unspecified atom stereocenters. The Hall–Kier alpha value is -4.85. The van der Waals surface area contributed by atoms with Crippen molar-refractivity contribution in [1.29, 1.82) is 0 Å². The molecule has 0 bridgehead atoms. The number of amides is 2. The quantitative estimate of drug-likeness (QED) is 0.287. The Morgan fingerprint density at radius 3 is 2.54 bits per heavy atom. The minimum absolute atomic E-state index is 0.288. The van der Waals surface area contributed by atoms with Crippen molar-refractivity contribution in [3.8, 4) is 17.3 Å². The van der Waals surface area contributed by atoms with Crippen molar-refractivity contribution in [2.45, 2.75) is 25.9 Å². The zero-order valence-corrected chi connectivity index (χ0v) is 21.7. The van der Waals surface area contributed by atoms with Crippen LogP contribution in [0, 0.1) is 5.82 Å². The smallest absolute Gasteiger partial charge is 0.322 e. The number of aryl methyl sites for hydroxylation is 1. The van der Waals surface area contributed by atoms with Gasteiger partial charge in [-0.05, 0) is 72.6 Å². The molecular weight excluding hydrogens is 493 g/mol. The summed E-state index contributed by atoms with van der Waals surface area (Å²) in [5.74, 6) is 1.22. The van der Waals surface area contributed by atoms with Crippen LogP contribution in [-0.2, 0) is 13.0 Å². The van der Waals surface area contributed by atoms with E-state index in [2.05, 4.69) is 16.8 Å². The third-order valence-corrected chi connectivity index (χ3v) is 7.07. The number of ether oxygens (including phenoxy) is 1. The molecule has 0 radical (unpaired) electrons. The minimum Gasteiger partial charge on any atom is -0.497 e. The molecule has 39 heavy (non-hydrogen) atoms. The van der Waals surface area contributed by atoms with Crippen molar-refractivity contribution in [2.75, 3.05) is 12.4 Å². The molecule has 0 aliphatic carbocycles. The summed E-state index contributed by atoms with van der Waals surface area (Å²) in [6.45, 7) is 2.35. The predicted molar refractivity (Wildman–Crippen MR) is 148 cm³/mol. The van der Waals surface area contributed by atoms with E-state index in [9.17, 15) is 9.18 Å². The van der Waals surface area contributed by atoms with Crippen LogP contribution in [0.25, 0.3) is 11.5 Å². The van der Waals surface area contributed by atoms with E-state index in [4.69, 9.17) is 9.84 Å². The molecule has 0 saturated heterocycles. The van der Waals surface area contributed by atoms with Crippen LogP contribution in [0.5, 0.6) is 5.75 Å². The number of nitrogens with zero attached hydrogens (tertiary/aromatic N) is 4. The van der Waals surface area contributed by atoms with Gasteiger partial charge in [-0.2, -0.15) is 5.10 Å². The van der Waals surface area contributed by atoms with Crippen molar-refractivity contribution in [3.63, 3.8) is 0 Å². The standard InChI is InChI=1S/C31H28FN5O2/c1-3-27-26-20-36(31(38)33-23-14-16-25(39-2)17-15-23)29(21-9-7-10-22(32)19-21)28-13-8-18-35(28)30(26)37(34-27)24-11-5-4-6-12-24/h4-19,29H,3,20H2,1-2H3,(H,33,38)/t29-/m1/s1. The van der Waals surface area contributed by atoms with E-state index in [0.29, 0.717) is 23.4 Å². The van der Waals surface area contributed by atoms with Gasteiger partial charge in [-0.1, -0.05) is 37.3 Å². The Bertz CT molecular complexity index is 1620. The Kier molecular flexibility index (Phi) is 6.36. The molecule has 2 amide bonds. The summed E-state index contributed by atoms with van der Waals surface area (Å²) in [4.78, 5) is 15.8. The van der Waals surface area contributed by atoms with Crippen LogP contribution in [0.1, 0.15) is 35.5 Å². The van der Waals surface area contributed by atoms with Crippen LogP contribution in [0.2, 0.25) is 0 Å². The highest BCUT2D eigenvalue weighted by atomic mass is 19.1. The van der Waals surface area contributed by atoms with Crippen LogP contribution in [0.3, 0.4) is 0 Å². The largest absolute Gasteiger partial charge is 0.497 e. The fourth-order valence-corrected chi connectivity index (χ4v) is 5.25. The lowest BCUT2D eigenvalue weighted by molar-refractivity contribution is 0.194. The number of aromatic nitrogens is 3. The summed E-state index contributed by atoms with van der Waals surface area (Å²) < 4.78 is 23.8. The maximum absolute atomic E-state index is 14.5. The maximum Gasteiger partial charge on any atom is 0.322 e. The number of urea groups is 1. The van der Waals surface area contributed by atoms with E-state index in [1.165, 1.54) is 12.1 Å². The van der Waals surface area contributed by atoms with Gasteiger partial charge >= 0.3 is 6.03 Å². The number of methoxy groups -OCH3 is 1. The van der Waals surface area contributed by atoms with Gasteiger partial charge in [-0.25, -0.2) is 13.9 Å².